The molecule has 3 unspecified atom stereocenters. The fraction of sp³-hybridized carbons (Fsp3) is 0.588. The molecule has 3 rings (SSSR count). The van der Waals surface area contributed by atoms with Gasteiger partial charge >= 0.3 is 0 Å². The number of benzene rings is 1. The van der Waals surface area contributed by atoms with Gasteiger partial charge in [-0.25, -0.2) is 0 Å². The van der Waals surface area contributed by atoms with Crippen LogP contribution in [0.1, 0.15) is 40.7 Å². The lowest BCUT2D eigenvalue weighted by molar-refractivity contribution is 0.0782. The topological polar surface area (TPSA) is 46.3 Å². The van der Waals surface area contributed by atoms with E-state index in [1.54, 1.807) is 0 Å². The zero-order chi connectivity index (χ0) is 14.3. The summed E-state index contributed by atoms with van der Waals surface area (Å²) in [5, 5.41) is 0. The van der Waals surface area contributed by atoms with Crippen molar-refractivity contribution >= 4 is 5.91 Å². The van der Waals surface area contributed by atoms with Gasteiger partial charge in [-0.2, -0.15) is 0 Å². The van der Waals surface area contributed by atoms with Crippen molar-refractivity contribution in [1.29, 1.82) is 0 Å². The Morgan fingerprint density at radius 3 is 2.55 bits per heavy atom. The fourth-order valence-corrected chi connectivity index (χ4v) is 3.99. The standard InChI is InChI=1S/C17H24N2O/c1-11-5-3-6-12(2)16(11)17(20)19-9-13-7-4-8-15(18)14(13)10-19/h3,5-6,13-15H,4,7-10,18H2,1-2H3. The number of aryl methyl sites for hydroxylation is 2. The maximum Gasteiger partial charge on any atom is 0.254 e. The molecule has 0 spiro atoms. The molecule has 1 saturated carbocycles. The first-order valence-electron chi connectivity index (χ1n) is 7.69. The number of likely N-dealkylation sites (tertiary alicyclic amines) is 1. The van der Waals surface area contributed by atoms with Crippen LogP contribution in [0.15, 0.2) is 18.2 Å². The van der Waals surface area contributed by atoms with Gasteiger partial charge in [-0.05, 0) is 49.7 Å². The minimum atomic E-state index is 0.196. The second-order valence-corrected chi connectivity index (χ2v) is 6.50. The maximum atomic E-state index is 12.8. The minimum Gasteiger partial charge on any atom is -0.338 e. The molecule has 0 aromatic heterocycles. The Balaban J connectivity index is 1.82. The lowest BCUT2D eigenvalue weighted by Gasteiger charge is -2.29. The average molecular weight is 272 g/mol. The third-order valence-electron chi connectivity index (χ3n) is 5.14. The molecular weight excluding hydrogens is 248 g/mol. The summed E-state index contributed by atoms with van der Waals surface area (Å²) in [6.45, 7) is 5.79. The predicted octanol–water partition coefficient (Wildman–Crippen LogP) is 2.50. The third kappa shape index (κ3) is 2.24. The molecule has 3 heteroatoms. The summed E-state index contributed by atoms with van der Waals surface area (Å²) in [6, 6.07) is 6.34. The number of fused-ring (bicyclic) bond motifs is 1. The van der Waals surface area contributed by atoms with Crippen LogP contribution in [0.5, 0.6) is 0 Å². The number of carbonyl (C=O) groups excluding carboxylic acids is 1. The SMILES string of the molecule is Cc1cccc(C)c1C(=O)N1CC2CCCC(N)C2C1. The Labute approximate surface area is 121 Å². The molecule has 3 nitrogen and oxygen atoms in total. The van der Waals surface area contributed by atoms with E-state index >= 15 is 0 Å². The summed E-state index contributed by atoms with van der Waals surface area (Å²) in [5.41, 5.74) is 9.29. The van der Waals surface area contributed by atoms with Crippen molar-refractivity contribution in [2.24, 2.45) is 17.6 Å². The number of carbonyl (C=O) groups is 1. The highest BCUT2D eigenvalue weighted by Gasteiger charge is 2.40. The Morgan fingerprint density at radius 2 is 1.90 bits per heavy atom. The minimum absolute atomic E-state index is 0.196. The van der Waals surface area contributed by atoms with Crippen molar-refractivity contribution in [2.45, 2.75) is 39.2 Å². The van der Waals surface area contributed by atoms with Gasteiger partial charge in [-0.1, -0.05) is 24.6 Å². The molecule has 108 valence electrons. The molecule has 20 heavy (non-hydrogen) atoms. The Bertz CT molecular complexity index is 505. The maximum absolute atomic E-state index is 12.8. The summed E-state index contributed by atoms with van der Waals surface area (Å²) in [4.78, 5) is 14.9. The van der Waals surface area contributed by atoms with Gasteiger partial charge < -0.3 is 10.6 Å². The van der Waals surface area contributed by atoms with E-state index < -0.39 is 0 Å². The molecule has 1 aliphatic heterocycles. The number of hydrogen-bond donors (Lipinski definition) is 1. The van der Waals surface area contributed by atoms with Crippen LogP contribution in [0.2, 0.25) is 0 Å². The Morgan fingerprint density at radius 1 is 1.20 bits per heavy atom. The number of nitrogens with two attached hydrogens (primary N) is 1. The largest absolute Gasteiger partial charge is 0.338 e. The van der Waals surface area contributed by atoms with E-state index in [-0.39, 0.29) is 11.9 Å². The lowest BCUT2D eigenvalue weighted by atomic mass is 9.78. The van der Waals surface area contributed by atoms with Crippen LogP contribution in [0.3, 0.4) is 0 Å². The van der Waals surface area contributed by atoms with E-state index in [1.807, 2.05) is 36.9 Å². The van der Waals surface area contributed by atoms with Crippen LogP contribution < -0.4 is 5.73 Å². The number of rotatable bonds is 1. The molecule has 0 radical (unpaired) electrons. The molecule has 3 atom stereocenters. The van der Waals surface area contributed by atoms with E-state index in [0.29, 0.717) is 11.8 Å². The monoisotopic (exact) mass is 272 g/mol. The van der Waals surface area contributed by atoms with E-state index in [4.69, 9.17) is 5.73 Å². The van der Waals surface area contributed by atoms with Crippen LogP contribution in [0, 0.1) is 25.7 Å². The van der Waals surface area contributed by atoms with Crippen molar-refractivity contribution in [3.05, 3.63) is 34.9 Å². The van der Waals surface area contributed by atoms with Crippen molar-refractivity contribution in [3.63, 3.8) is 0 Å². The summed E-state index contributed by atoms with van der Waals surface area (Å²) >= 11 is 0. The van der Waals surface area contributed by atoms with Crippen LogP contribution in [0.25, 0.3) is 0 Å². The Kier molecular flexibility index (Phi) is 3.55. The highest BCUT2D eigenvalue weighted by Crippen LogP contribution is 2.36. The molecule has 1 heterocycles. The molecule has 1 amide bonds. The van der Waals surface area contributed by atoms with Crippen LogP contribution >= 0.6 is 0 Å². The Hall–Kier alpha value is -1.35. The van der Waals surface area contributed by atoms with Crippen LogP contribution in [0.4, 0.5) is 0 Å². The first kappa shape index (κ1) is 13.6. The van der Waals surface area contributed by atoms with Crippen LogP contribution in [-0.2, 0) is 0 Å². The molecule has 1 aromatic carbocycles. The predicted molar refractivity (Wildman–Crippen MR) is 80.6 cm³/mol. The van der Waals surface area contributed by atoms with Gasteiger partial charge in [-0.3, -0.25) is 4.79 Å². The van der Waals surface area contributed by atoms with Crippen molar-refractivity contribution in [1.82, 2.24) is 4.90 Å². The van der Waals surface area contributed by atoms with Gasteiger partial charge in [0.1, 0.15) is 0 Å². The third-order valence-corrected chi connectivity index (χ3v) is 5.14. The number of nitrogens with zero attached hydrogens (tertiary/aromatic N) is 1. The second kappa shape index (κ2) is 5.21. The van der Waals surface area contributed by atoms with E-state index in [2.05, 4.69) is 0 Å². The smallest absolute Gasteiger partial charge is 0.254 e. The first-order chi connectivity index (χ1) is 9.58. The second-order valence-electron chi connectivity index (χ2n) is 6.50. The summed E-state index contributed by atoms with van der Waals surface area (Å²) in [6.07, 6.45) is 3.56. The average Bonchev–Trinajstić information content (AvgIpc) is 2.84. The highest BCUT2D eigenvalue weighted by molar-refractivity contribution is 5.97. The molecule has 0 bridgehead atoms. The summed E-state index contributed by atoms with van der Waals surface area (Å²) in [7, 11) is 0. The van der Waals surface area contributed by atoms with Crippen molar-refractivity contribution < 1.29 is 4.79 Å². The van der Waals surface area contributed by atoms with E-state index in [9.17, 15) is 4.79 Å². The molecule has 2 fully saturated rings. The quantitative estimate of drug-likeness (QED) is 0.854. The first-order valence-corrected chi connectivity index (χ1v) is 7.69. The summed E-state index contributed by atoms with van der Waals surface area (Å²) < 4.78 is 0. The molecule has 1 saturated heterocycles. The van der Waals surface area contributed by atoms with E-state index in [1.165, 1.54) is 12.8 Å². The molecule has 1 aromatic rings. The van der Waals surface area contributed by atoms with Gasteiger partial charge in [0.05, 0.1) is 0 Å². The van der Waals surface area contributed by atoms with Gasteiger partial charge in [0.25, 0.3) is 5.91 Å². The van der Waals surface area contributed by atoms with E-state index in [0.717, 1.165) is 36.2 Å². The molecular formula is C17H24N2O. The van der Waals surface area contributed by atoms with Gasteiger partial charge in [0.15, 0.2) is 0 Å². The van der Waals surface area contributed by atoms with Gasteiger partial charge in [0, 0.05) is 24.7 Å². The molecule has 1 aliphatic carbocycles. The normalized spacial score (nSPS) is 29.4. The molecule has 2 aliphatic rings. The zero-order valence-electron chi connectivity index (χ0n) is 12.4. The molecule has 2 N–H and O–H groups in total. The van der Waals surface area contributed by atoms with Crippen molar-refractivity contribution in [2.75, 3.05) is 13.1 Å². The van der Waals surface area contributed by atoms with Crippen LogP contribution in [-0.4, -0.2) is 29.9 Å². The van der Waals surface area contributed by atoms with Gasteiger partial charge in [-0.15, -0.1) is 0 Å². The number of hydrogen-bond acceptors (Lipinski definition) is 2. The van der Waals surface area contributed by atoms with Crippen molar-refractivity contribution in [3.8, 4) is 0 Å². The zero-order valence-corrected chi connectivity index (χ0v) is 12.4. The number of amides is 1. The van der Waals surface area contributed by atoms with Gasteiger partial charge in [0.2, 0.25) is 0 Å². The highest BCUT2D eigenvalue weighted by atomic mass is 16.2. The summed E-state index contributed by atoms with van der Waals surface area (Å²) in [5.74, 6) is 1.33. The fourth-order valence-electron chi connectivity index (χ4n) is 3.99. The lowest BCUT2D eigenvalue weighted by Crippen LogP contribution is -2.38.